The van der Waals surface area contributed by atoms with Crippen LogP contribution in [0, 0.1) is 11.8 Å². The maximum Gasteiger partial charge on any atom is 0.407 e. The summed E-state index contributed by atoms with van der Waals surface area (Å²) < 4.78 is 9.75. The number of nitrogens with one attached hydrogen (secondary N) is 4. The van der Waals surface area contributed by atoms with E-state index >= 15 is 0 Å². The van der Waals surface area contributed by atoms with Crippen molar-refractivity contribution in [3.8, 4) is 22.6 Å². The van der Waals surface area contributed by atoms with Crippen molar-refractivity contribution in [1.29, 1.82) is 0 Å². The number of hydrogen-bond donors (Lipinski definition) is 4. The number of H-pyrrole nitrogens is 2. The molecule has 0 radical (unpaired) electrons. The normalized spacial score (nSPS) is 20.8. The first-order valence-electron chi connectivity index (χ1n) is 21.4. The Morgan fingerprint density at radius 2 is 1.27 bits per heavy atom. The van der Waals surface area contributed by atoms with Crippen molar-refractivity contribution >= 4 is 45.9 Å². The molecule has 9 rings (SSSR count). The molecule has 6 heterocycles. The number of methoxy groups -OCH3 is 2. The largest absolute Gasteiger partial charge is 0.453 e. The van der Waals surface area contributed by atoms with Gasteiger partial charge in [0.25, 0.3) is 0 Å². The van der Waals surface area contributed by atoms with E-state index in [2.05, 4.69) is 32.7 Å². The highest BCUT2D eigenvalue weighted by Gasteiger charge is 2.42. The summed E-state index contributed by atoms with van der Waals surface area (Å²) in [7, 11) is 2.64. The van der Waals surface area contributed by atoms with Crippen molar-refractivity contribution in [2.75, 3.05) is 27.3 Å². The Balaban J connectivity index is 0.903. The van der Waals surface area contributed by atoms with E-state index in [1.165, 1.54) is 14.2 Å². The fourth-order valence-corrected chi connectivity index (χ4v) is 10.0. The molecule has 0 bridgehead atoms. The number of imidazole rings is 2. The molecule has 16 nitrogen and oxygen atoms in total. The lowest BCUT2D eigenvalue weighted by Crippen LogP contribution is -2.51. The predicted molar refractivity (Wildman–Crippen MR) is 222 cm³/mol. The number of carbonyl (C=O) groups excluding carboxylic acids is 4. The van der Waals surface area contributed by atoms with Crippen LogP contribution in [0.2, 0.25) is 0 Å². The summed E-state index contributed by atoms with van der Waals surface area (Å²) in [4.78, 5) is 82.3. The summed E-state index contributed by atoms with van der Waals surface area (Å²) in [6.07, 6.45) is 13.5. The van der Waals surface area contributed by atoms with E-state index < -0.39 is 24.3 Å². The zero-order chi connectivity index (χ0) is 41.3. The number of ether oxygens (including phenoxy) is 2. The van der Waals surface area contributed by atoms with Crippen LogP contribution in [0.4, 0.5) is 9.59 Å². The smallest absolute Gasteiger partial charge is 0.407 e. The summed E-state index contributed by atoms with van der Waals surface area (Å²) in [6.45, 7) is 1.20. The Kier molecular flexibility index (Phi) is 11.1. The van der Waals surface area contributed by atoms with E-state index in [1.54, 1.807) is 0 Å². The number of nitrogens with zero attached hydrogens (tertiary/aromatic N) is 6. The van der Waals surface area contributed by atoms with Gasteiger partial charge in [-0.05, 0) is 92.9 Å². The average Bonchev–Trinajstić information content (AvgIpc) is 4.12. The van der Waals surface area contributed by atoms with Gasteiger partial charge in [-0.2, -0.15) is 0 Å². The van der Waals surface area contributed by atoms with E-state index in [9.17, 15) is 19.2 Å². The van der Waals surface area contributed by atoms with Crippen molar-refractivity contribution in [3.05, 3.63) is 60.4 Å². The average molecular weight is 817 g/mol. The third-order valence-electron chi connectivity index (χ3n) is 13.1. The van der Waals surface area contributed by atoms with Crippen LogP contribution in [0.5, 0.6) is 0 Å². The minimum atomic E-state index is -0.625. The Labute approximate surface area is 347 Å². The Morgan fingerprint density at radius 1 is 0.650 bits per heavy atom. The van der Waals surface area contributed by atoms with Crippen LogP contribution in [0.1, 0.15) is 101 Å². The van der Waals surface area contributed by atoms with Gasteiger partial charge in [-0.3, -0.25) is 14.6 Å². The molecule has 2 aliphatic carbocycles. The molecule has 314 valence electrons. The fraction of sp³-hybridized carbons (Fsp3) is 0.500. The minimum absolute atomic E-state index is 0.0757. The second-order valence-corrected chi connectivity index (χ2v) is 16.7. The summed E-state index contributed by atoms with van der Waals surface area (Å²) in [6, 6.07) is 10.3. The fourth-order valence-electron chi connectivity index (χ4n) is 10.0. The molecule has 4 atom stereocenters. The van der Waals surface area contributed by atoms with Crippen LogP contribution in [0.3, 0.4) is 0 Å². The van der Waals surface area contributed by atoms with Gasteiger partial charge >= 0.3 is 12.2 Å². The molecule has 5 aromatic rings. The first kappa shape index (κ1) is 39.4. The van der Waals surface area contributed by atoms with Crippen molar-refractivity contribution in [2.45, 2.75) is 101 Å². The minimum Gasteiger partial charge on any atom is -0.453 e. The second-order valence-electron chi connectivity index (χ2n) is 16.7. The number of amides is 4. The highest BCUT2D eigenvalue weighted by atomic mass is 16.5. The number of rotatable bonds is 10. The number of alkyl carbamates (subject to hydrolysis) is 2. The zero-order valence-electron chi connectivity index (χ0n) is 34.1. The molecule has 4 aromatic heterocycles. The molecule has 4 amide bonds. The quantitative estimate of drug-likeness (QED) is 0.117. The van der Waals surface area contributed by atoms with Gasteiger partial charge in [0.05, 0.1) is 49.6 Å². The van der Waals surface area contributed by atoms with Crippen LogP contribution < -0.4 is 10.6 Å². The molecule has 4 aliphatic rings. The Bertz CT molecular complexity index is 2400. The van der Waals surface area contributed by atoms with Crippen molar-refractivity contribution in [3.63, 3.8) is 0 Å². The van der Waals surface area contributed by atoms with Crippen LogP contribution in [-0.2, 0) is 19.1 Å². The number of fused-ring (bicyclic) bond motifs is 2. The van der Waals surface area contributed by atoms with Gasteiger partial charge < -0.3 is 39.9 Å². The summed E-state index contributed by atoms with van der Waals surface area (Å²) in [5.41, 5.74) is 4.51. The standard InChI is InChI=1S/C44H52N10O6/c1-59-43(57)50-36(25-9-3-4-10-25)41(55)53-19-7-13-34(53)39-46-24-33(49-39)28-16-15-27-22-32(45-23-29(27)21-28)30-17-18-31-38(47-30)52-40(48-31)35-14-8-20-54(35)42(56)37(51-44(58)60-2)26-11-5-6-12-26/h15-18,21-26,34-37H,3-14,19-20H2,1-2H3,(H,46,49)(H,50,57)(H,51,58)(H,47,48,52)/t34-,35-,36-,37-/m0/s1. The SMILES string of the molecule is COC(=O)N[C@H](C(=O)N1CCC[C@H]1c1ncc(-c2ccc3cc(-c4ccc5nc([C@@H]6CCCN6C(=O)[C@@H](NC(=O)OC)C6CCCC6)[nH]c5n4)ncc3c2)[nH]1)C1CCCC1. The highest BCUT2D eigenvalue weighted by molar-refractivity contribution is 5.90. The summed E-state index contributed by atoms with van der Waals surface area (Å²) in [5.74, 6) is 1.43. The molecule has 60 heavy (non-hydrogen) atoms. The molecule has 2 saturated heterocycles. The van der Waals surface area contributed by atoms with Crippen molar-refractivity contribution < 1.29 is 28.7 Å². The molecule has 16 heteroatoms. The maximum atomic E-state index is 14.0. The van der Waals surface area contributed by atoms with E-state index in [-0.39, 0.29) is 35.7 Å². The monoisotopic (exact) mass is 816 g/mol. The van der Waals surface area contributed by atoms with Gasteiger partial charge in [-0.25, -0.2) is 24.5 Å². The molecular weight excluding hydrogens is 765 g/mol. The van der Waals surface area contributed by atoms with Gasteiger partial charge in [0.15, 0.2) is 5.65 Å². The third kappa shape index (κ3) is 7.74. The number of benzene rings is 1. The summed E-state index contributed by atoms with van der Waals surface area (Å²) >= 11 is 0. The lowest BCUT2D eigenvalue weighted by atomic mass is 9.96. The van der Waals surface area contributed by atoms with Crippen LogP contribution >= 0.6 is 0 Å². The summed E-state index contributed by atoms with van der Waals surface area (Å²) in [5, 5.41) is 7.62. The predicted octanol–water partition coefficient (Wildman–Crippen LogP) is 6.72. The number of pyridine rings is 2. The third-order valence-corrected chi connectivity index (χ3v) is 13.1. The molecule has 1 aromatic carbocycles. The van der Waals surface area contributed by atoms with Gasteiger partial charge in [0.2, 0.25) is 11.8 Å². The number of likely N-dealkylation sites (tertiary alicyclic amines) is 2. The Morgan fingerprint density at radius 3 is 1.88 bits per heavy atom. The number of hydrogen-bond acceptors (Lipinski definition) is 10. The van der Waals surface area contributed by atoms with Crippen molar-refractivity contribution in [1.82, 2.24) is 50.3 Å². The van der Waals surface area contributed by atoms with Crippen LogP contribution in [0.15, 0.2) is 48.8 Å². The van der Waals surface area contributed by atoms with E-state index in [0.29, 0.717) is 41.5 Å². The molecule has 4 N–H and O–H groups in total. The lowest BCUT2D eigenvalue weighted by molar-refractivity contribution is -0.136. The number of aromatic amines is 2. The van der Waals surface area contributed by atoms with Gasteiger partial charge in [0.1, 0.15) is 29.2 Å². The lowest BCUT2D eigenvalue weighted by Gasteiger charge is -2.31. The zero-order valence-corrected chi connectivity index (χ0v) is 34.1. The molecular formula is C44H52N10O6. The van der Waals surface area contributed by atoms with Crippen LogP contribution in [0.25, 0.3) is 44.6 Å². The Hall–Kier alpha value is -6.06. The molecule has 2 saturated carbocycles. The first-order chi connectivity index (χ1) is 29.3. The van der Waals surface area contributed by atoms with Gasteiger partial charge in [0, 0.05) is 30.2 Å². The van der Waals surface area contributed by atoms with Crippen molar-refractivity contribution in [2.24, 2.45) is 11.8 Å². The van der Waals surface area contributed by atoms with Gasteiger partial charge in [-0.15, -0.1) is 0 Å². The maximum absolute atomic E-state index is 14.0. The first-order valence-corrected chi connectivity index (χ1v) is 21.4. The van der Waals surface area contributed by atoms with Gasteiger partial charge in [-0.1, -0.05) is 37.8 Å². The molecule has 4 fully saturated rings. The molecule has 0 spiro atoms. The van der Waals surface area contributed by atoms with E-state index in [0.717, 1.165) is 105 Å². The number of aromatic nitrogens is 6. The topological polar surface area (TPSA) is 200 Å². The molecule has 2 aliphatic heterocycles. The van der Waals surface area contributed by atoms with E-state index in [4.69, 9.17) is 29.4 Å². The number of carbonyl (C=O) groups is 4. The highest BCUT2D eigenvalue weighted by Crippen LogP contribution is 2.38. The van der Waals surface area contributed by atoms with E-state index in [1.807, 2.05) is 46.5 Å². The molecule has 0 unspecified atom stereocenters. The van der Waals surface area contributed by atoms with Crippen LogP contribution in [-0.4, -0.2) is 103 Å². The second kappa shape index (κ2) is 16.9.